The summed E-state index contributed by atoms with van der Waals surface area (Å²) in [5.41, 5.74) is 3.14. The Hall–Kier alpha value is -2.82. The summed E-state index contributed by atoms with van der Waals surface area (Å²) in [5.74, 6) is 0.545. The summed E-state index contributed by atoms with van der Waals surface area (Å²) < 4.78 is 18.4. The Morgan fingerprint density at radius 2 is 1.81 bits per heavy atom. The van der Waals surface area contributed by atoms with E-state index in [-0.39, 0.29) is 0 Å². The van der Waals surface area contributed by atoms with Crippen LogP contribution in [0.15, 0.2) is 54.9 Å². The topological polar surface area (TPSA) is 47.9 Å². The van der Waals surface area contributed by atoms with Crippen molar-refractivity contribution in [1.29, 1.82) is 0 Å². The van der Waals surface area contributed by atoms with Gasteiger partial charge >= 0.3 is 6.08 Å². The molecule has 104 valence electrons. The molecule has 0 spiro atoms. The van der Waals surface area contributed by atoms with Gasteiger partial charge in [0, 0.05) is 23.5 Å². The molecule has 0 saturated carbocycles. The maximum Gasteiger partial charge on any atom is 0.309 e. The summed E-state index contributed by atoms with van der Waals surface area (Å²) in [5, 5.41) is 0. The van der Waals surface area contributed by atoms with Gasteiger partial charge in [-0.25, -0.2) is 15.0 Å². The van der Waals surface area contributed by atoms with E-state index >= 15 is 0 Å². The van der Waals surface area contributed by atoms with Crippen molar-refractivity contribution in [2.45, 2.75) is 0 Å². The molecule has 21 heavy (non-hydrogen) atoms. The van der Waals surface area contributed by atoms with Crippen molar-refractivity contribution in [3.63, 3.8) is 0 Å². The van der Waals surface area contributed by atoms with Gasteiger partial charge in [0.25, 0.3) is 0 Å². The molecule has 0 atom stereocenters. The summed E-state index contributed by atoms with van der Waals surface area (Å²) in [7, 11) is 1.58. The van der Waals surface area contributed by atoms with Crippen molar-refractivity contribution in [3.8, 4) is 28.3 Å². The number of rotatable bonds is 3. The Kier molecular flexibility index (Phi) is 3.55. The van der Waals surface area contributed by atoms with Gasteiger partial charge in [-0.05, 0) is 29.8 Å². The molecule has 0 saturated heterocycles. The third-order valence-corrected chi connectivity index (χ3v) is 3.06. The summed E-state index contributed by atoms with van der Waals surface area (Å²) in [6.45, 7) is 0. The molecule has 0 amide bonds. The summed E-state index contributed by atoms with van der Waals surface area (Å²) >= 11 is 0. The summed E-state index contributed by atoms with van der Waals surface area (Å²) in [6, 6.07) is 13.1. The lowest BCUT2D eigenvalue weighted by Crippen LogP contribution is -1.93. The highest BCUT2D eigenvalue weighted by atomic mass is 19.1. The molecule has 0 radical (unpaired) electrons. The van der Waals surface area contributed by atoms with E-state index in [1.54, 1.807) is 19.4 Å². The molecular weight excluding hydrogens is 269 g/mol. The zero-order valence-electron chi connectivity index (χ0n) is 11.3. The van der Waals surface area contributed by atoms with Crippen molar-refractivity contribution < 1.29 is 9.13 Å². The molecule has 0 aliphatic carbocycles. The van der Waals surface area contributed by atoms with Crippen molar-refractivity contribution >= 4 is 0 Å². The van der Waals surface area contributed by atoms with E-state index < -0.39 is 6.08 Å². The van der Waals surface area contributed by atoms with E-state index in [1.165, 1.54) is 6.20 Å². The van der Waals surface area contributed by atoms with E-state index in [0.29, 0.717) is 11.6 Å². The SMILES string of the molecule is COc1ncccc1-c1cccc(-c2ccnc(F)n2)c1. The minimum atomic E-state index is -0.739. The fourth-order valence-electron chi connectivity index (χ4n) is 2.11. The molecule has 0 aliphatic heterocycles. The predicted octanol–water partition coefficient (Wildman–Crippen LogP) is 3.35. The first-order valence-corrected chi connectivity index (χ1v) is 6.36. The molecule has 2 aromatic heterocycles. The number of pyridine rings is 1. The number of hydrogen-bond donors (Lipinski definition) is 0. The highest BCUT2D eigenvalue weighted by Gasteiger charge is 2.08. The molecule has 1 aromatic carbocycles. The van der Waals surface area contributed by atoms with Gasteiger partial charge < -0.3 is 4.74 Å². The van der Waals surface area contributed by atoms with Crippen LogP contribution in [0.2, 0.25) is 0 Å². The van der Waals surface area contributed by atoms with Crippen LogP contribution in [0, 0.1) is 6.08 Å². The van der Waals surface area contributed by atoms with Crippen LogP contribution in [0.5, 0.6) is 5.88 Å². The van der Waals surface area contributed by atoms with Crippen LogP contribution >= 0.6 is 0 Å². The highest BCUT2D eigenvalue weighted by molar-refractivity contribution is 5.74. The van der Waals surface area contributed by atoms with Crippen LogP contribution in [0.4, 0.5) is 4.39 Å². The molecule has 3 rings (SSSR count). The minimum absolute atomic E-state index is 0.534. The van der Waals surface area contributed by atoms with E-state index in [0.717, 1.165) is 16.7 Å². The fourth-order valence-corrected chi connectivity index (χ4v) is 2.11. The first-order chi connectivity index (χ1) is 10.3. The number of aromatic nitrogens is 3. The standard InChI is InChI=1S/C16H12FN3O/c1-21-15-13(6-3-8-18-15)11-4-2-5-12(10-11)14-7-9-19-16(17)20-14/h2-10H,1H3. The van der Waals surface area contributed by atoms with Crippen molar-refractivity contribution in [3.05, 3.63) is 60.9 Å². The Morgan fingerprint density at radius 3 is 2.62 bits per heavy atom. The van der Waals surface area contributed by atoms with Gasteiger partial charge in [-0.15, -0.1) is 0 Å². The van der Waals surface area contributed by atoms with Gasteiger partial charge in [0.2, 0.25) is 5.88 Å². The smallest absolute Gasteiger partial charge is 0.309 e. The van der Waals surface area contributed by atoms with E-state index in [2.05, 4.69) is 15.0 Å². The first kappa shape index (κ1) is 13.2. The lowest BCUT2D eigenvalue weighted by Gasteiger charge is -2.08. The van der Waals surface area contributed by atoms with Crippen LogP contribution in [0.25, 0.3) is 22.4 Å². The molecule has 0 bridgehead atoms. The molecule has 0 fully saturated rings. The number of benzene rings is 1. The van der Waals surface area contributed by atoms with Gasteiger partial charge in [0.15, 0.2) is 0 Å². The number of methoxy groups -OCH3 is 1. The maximum atomic E-state index is 13.1. The van der Waals surface area contributed by atoms with Crippen LogP contribution in [-0.2, 0) is 0 Å². The largest absolute Gasteiger partial charge is 0.481 e. The van der Waals surface area contributed by atoms with Gasteiger partial charge in [-0.1, -0.05) is 18.2 Å². The van der Waals surface area contributed by atoms with Crippen molar-refractivity contribution in [2.24, 2.45) is 0 Å². The van der Waals surface area contributed by atoms with Gasteiger partial charge in [-0.3, -0.25) is 0 Å². The van der Waals surface area contributed by atoms with Gasteiger partial charge in [0.1, 0.15) is 0 Å². The minimum Gasteiger partial charge on any atom is -0.481 e. The van der Waals surface area contributed by atoms with Gasteiger partial charge in [-0.2, -0.15) is 4.39 Å². The molecule has 0 N–H and O–H groups in total. The van der Waals surface area contributed by atoms with E-state index in [1.807, 2.05) is 36.4 Å². The summed E-state index contributed by atoms with van der Waals surface area (Å²) in [6.07, 6.45) is 2.33. The predicted molar refractivity (Wildman–Crippen MR) is 77.2 cm³/mol. The molecular formula is C16H12FN3O. The number of hydrogen-bond acceptors (Lipinski definition) is 4. The second-order valence-electron chi connectivity index (χ2n) is 4.35. The van der Waals surface area contributed by atoms with E-state index in [4.69, 9.17) is 4.74 Å². The third-order valence-electron chi connectivity index (χ3n) is 3.06. The quantitative estimate of drug-likeness (QED) is 0.691. The molecule has 0 aliphatic rings. The Bertz CT molecular complexity index is 777. The average Bonchev–Trinajstić information content (AvgIpc) is 2.55. The van der Waals surface area contributed by atoms with E-state index in [9.17, 15) is 4.39 Å². The number of halogens is 1. The normalized spacial score (nSPS) is 10.4. The monoisotopic (exact) mass is 281 g/mol. The summed E-state index contributed by atoms with van der Waals surface area (Å²) in [4.78, 5) is 11.4. The molecule has 0 unspecified atom stereocenters. The van der Waals surface area contributed by atoms with Crippen LogP contribution in [0.3, 0.4) is 0 Å². The number of nitrogens with zero attached hydrogens (tertiary/aromatic N) is 3. The first-order valence-electron chi connectivity index (χ1n) is 6.36. The zero-order valence-corrected chi connectivity index (χ0v) is 11.3. The van der Waals surface area contributed by atoms with Crippen LogP contribution in [-0.4, -0.2) is 22.1 Å². The third kappa shape index (κ3) is 2.72. The zero-order chi connectivity index (χ0) is 14.7. The Labute approximate surface area is 121 Å². The van der Waals surface area contributed by atoms with Crippen molar-refractivity contribution in [2.75, 3.05) is 7.11 Å². The van der Waals surface area contributed by atoms with Crippen LogP contribution in [0.1, 0.15) is 0 Å². The van der Waals surface area contributed by atoms with Crippen molar-refractivity contribution in [1.82, 2.24) is 15.0 Å². The lowest BCUT2D eigenvalue weighted by atomic mass is 10.0. The van der Waals surface area contributed by atoms with Crippen LogP contribution < -0.4 is 4.74 Å². The lowest BCUT2D eigenvalue weighted by molar-refractivity contribution is 0.399. The Morgan fingerprint density at radius 1 is 0.952 bits per heavy atom. The Balaban J connectivity index is 2.08. The molecule has 3 aromatic rings. The average molecular weight is 281 g/mol. The molecule has 2 heterocycles. The second kappa shape index (κ2) is 5.66. The molecule has 5 heteroatoms. The fraction of sp³-hybridized carbons (Fsp3) is 0.0625. The number of ether oxygens (including phenoxy) is 1. The van der Waals surface area contributed by atoms with Gasteiger partial charge in [0.05, 0.1) is 12.8 Å². The highest BCUT2D eigenvalue weighted by Crippen LogP contribution is 2.30. The molecule has 4 nitrogen and oxygen atoms in total. The second-order valence-corrected chi connectivity index (χ2v) is 4.35. The maximum absolute atomic E-state index is 13.1.